The molecule has 1 aliphatic carbocycles. The maximum atomic E-state index is 12.3. The molecule has 0 radical (unpaired) electrons. The van der Waals surface area contributed by atoms with Crippen LogP contribution in [0.3, 0.4) is 0 Å². The van der Waals surface area contributed by atoms with Crippen molar-refractivity contribution in [2.75, 3.05) is 0 Å². The number of benzene rings is 1. The largest absolute Gasteiger partial charge is 2.00 e. The Morgan fingerprint density at radius 1 is 1.19 bits per heavy atom. The van der Waals surface area contributed by atoms with Gasteiger partial charge in [-0.2, -0.15) is 0 Å². The zero-order valence-electron chi connectivity index (χ0n) is 11.1. The summed E-state index contributed by atoms with van der Waals surface area (Å²) >= 11 is 3.28. The van der Waals surface area contributed by atoms with Gasteiger partial charge in [0.1, 0.15) is 0 Å². The van der Waals surface area contributed by atoms with Gasteiger partial charge in [0, 0.05) is 16.9 Å². The standard InChI is InChI=1S/C15H12BrNO3.Ca/c16-11-6-4-9(5-7-11)15(20)12-3-1-2-10(14(12)17)8-13(18)19;/h1-7,17,20H,8H2,(H,18,19);/q;+2/p-2/b15-12-,17-14?;. The van der Waals surface area contributed by atoms with Gasteiger partial charge in [-0.25, -0.2) is 0 Å². The van der Waals surface area contributed by atoms with Crippen LogP contribution in [0, 0.1) is 5.41 Å². The van der Waals surface area contributed by atoms with Gasteiger partial charge in [0.2, 0.25) is 0 Å². The van der Waals surface area contributed by atoms with Crippen molar-refractivity contribution in [3.63, 3.8) is 0 Å². The van der Waals surface area contributed by atoms with Crippen molar-refractivity contribution < 1.29 is 15.0 Å². The van der Waals surface area contributed by atoms with Gasteiger partial charge >= 0.3 is 37.7 Å². The third-order valence-electron chi connectivity index (χ3n) is 2.84. The van der Waals surface area contributed by atoms with Crippen LogP contribution in [0.1, 0.15) is 12.0 Å². The topological polar surface area (TPSA) is 87.0 Å². The van der Waals surface area contributed by atoms with Gasteiger partial charge in [0.15, 0.2) is 0 Å². The number of carboxylic acids is 1. The normalized spacial score (nSPS) is 16.0. The zero-order chi connectivity index (χ0) is 14.7. The molecule has 0 saturated heterocycles. The average molecular weight is 372 g/mol. The fourth-order valence-electron chi connectivity index (χ4n) is 1.85. The molecule has 0 unspecified atom stereocenters. The Morgan fingerprint density at radius 3 is 2.38 bits per heavy atom. The molecule has 6 heteroatoms. The molecule has 21 heavy (non-hydrogen) atoms. The molecule has 0 spiro atoms. The van der Waals surface area contributed by atoms with Gasteiger partial charge in [-0.15, -0.1) is 0 Å². The van der Waals surface area contributed by atoms with Crippen molar-refractivity contribution in [2.45, 2.75) is 6.42 Å². The predicted molar refractivity (Wildman–Crippen MR) is 81.4 cm³/mol. The molecule has 1 aromatic carbocycles. The minimum atomic E-state index is -1.27. The molecule has 0 atom stereocenters. The zero-order valence-corrected chi connectivity index (χ0v) is 14.9. The number of carbonyl (C=O) groups is 1. The Bertz CT molecular complexity index is 660. The van der Waals surface area contributed by atoms with Crippen molar-refractivity contribution in [3.05, 3.63) is 63.7 Å². The van der Waals surface area contributed by atoms with Gasteiger partial charge in [-0.3, -0.25) is 5.41 Å². The van der Waals surface area contributed by atoms with Crippen molar-refractivity contribution in [2.24, 2.45) is 0 Å². The van der Waals surface area contributed by atoms with Crippen LogP contribution in [-0.2, 0) is 4.79 Å². The average Bonchev–Trinajstić information content (AvgIpc) is 2.41. The summed E-state index contributed by atoms with van der Waals surface area (Å²) in [6.07, 6.45) is 4.23. The molecular weight excluding hydrogens is 362 g/mol. The van der Waals surface area contributed by atoms with Crippen molar-refractivity contribution in [1.29, 1.82) is 5.41 Å². The van der Waals surface area contributed by atoms with Crippen LogP contribution in [0.15, 0.2) is 58.1 Å². The second kappa shape index (κ2) is 7.94. The molecule has 2 rings (SSSR count). The van der Waals surface area contributed by atoms with Gasteiger partial charge in [0.25, 0.3) is 0 Å². The van der Waals surface area contributed by atoms with E-state index in [9.17, 15) is 15.0 Å². The predicted octanol–water partition coefficient (Wildman–Crippen LogP) is 0.796. The van der Waals surface area contributed by atoms with Gasteiger partial charge in [-0.05, 0) is 28.8 Å². The fraction of sp³-hybridized carbons (Fsp3) is 0.0667. The van der Waals surface area contributed by atoms with Crippen molar-refractivity contribution in [3.8, 4) is 0 Å². The molecule has 102 valence electrons. The maximum Gasteiger partial charge on any atom is 2.00 e. The first-order valence-electron chi connectivity index (χ1n) is 5.82. The van der Waals surface area contributed by atoms with Crippen LogP contribution in [0.4, 0.5) is 0 Å². The summed E-state index contributed by atoms with van der Waals surface area (Å²) in [5, 5.41) is 30.9. The third-order valence-corrected chi connectivity index (χ3v) is 3.37. The Balaban J connectivity index is 0.00000220. The summed E-state index contributed by atoms with van der Waals surface area (Å²) in [4.78, 5) is 10.6. The number of nitrogens with one attached hydrogen (secondary N) is 1. The van der Waals surface area contributed by atoms with Crippen LogP contribution < -0.4 is 10.2 Å². The van der Waals surface area contributed by atoms with E-state index < -0.39 is 5.97 Å². The maximum absolute atomic E-state index is 12.3. The monoisotopic (exact) mass is 371 g/mol. The molecule has 4 nitrogen and oxygen atoms in total. The number of halogens is 1. The summed E-state index contributed by atoms with van der Waals surface area (Å²) in [5.41, 5.74) is 0.843. The summed E-state index contributed by atoms with van der Waals surface area (Å²) in [5.74, 6) is -1.57. The summed E-state index contributed by atoms with van der Waals surface area (Å²) in [7, 11) is 0. The number of hydrogen-bond acceptors (Lipinski definition) is 4. The fourth-order valence-corrected chi connectivity index (χ4v) is 2.11. The molecule has 0 saturated carbocycles. The summed E-state index contributed by atoms with van der Waals surface area (Å²) in [6.45, 7) is 0. The van der Waals surface area contributed by atoms with Gasteiger partial charge in [0.05, 0.1) is 5.71 Å². The van der Waals surface area contributed by atoms with E-state index in [1.807, 2.05) is 0 Å². The van der Waals surface area contributed by atoms with E-state index in [1.165, 1.54) is 12.2 Å². The minimum Gasteiger partial charge on any atom is -0.872 e. The van der Waals surface area contributed by atoms with Crippen LogP contribution in [0.25, 0.3) is 5.76 Å². The summed E-state index contributed by atoms with van der Waals surface area (Å²) in [6, 6.07) is 6.78. The molecule has 0 bridgehead atoms. The van der Waals surface area contributed by atoms with E-state index in [0.29, 0.717) is 5.56 Å². The number of aliphatic carboxylic acids is 1. The SMILES string of the molecule is N=C1C(CC(=O)[O-])=CC=C/C1=C(/[O-])c1ccc(Br)cc1.[Ca+2]. The van der Waals surface area contributed by atoms with E-state index in [4.69, 9.17) is 5.41 Å². The molecule has 0 amide bonds. The first-order valence-corrected chi connectivity index (χ1v) is 6.62. The van der Waals surface area contributed by atoms with E-state index in [1.54, 1.807) is 30.3 Å². The van der Waals surface area contributed by atoms with Crippen LogP contribution in [0.2, 0.25) is 0 Å². The van der Waals surface area contributed by atoms with Crippen molar-refractivity contribution in [1.82, 2.24) is 0 Å². The van der Waals surface area contributed by atoms with E-state index in [2.05, 4.69) is 15.9 Å². The molecule has 1 aliphatic rings. The number of hydrogen-bond donors (Lipinski definition) is 1. The second-order valence-electron chi connectivity index (χ2n) is 4.22. The van der Waals surface area contributed by atoms with Crippen LogP contribution >= 0.6 is 15.9 Å². The Hall–Kier alpha value is -0.880. The molecule has 1 aromatic rings. The van der Waals surface area contributed by atoms with Crippen LogP contribution in [-0.4, -0.2) is 49.4 Å². The smallest absolute Gasteiger partial charge is 0.872 e. The number of allylic oxidation sites excluding steroid dienone is 4. The Kier molecular flexibility index (Phi) is 6.87. The Morgan fingerprint density at radius 2 is 1.81 bits per heavy atom. The quantitative estimate of drug-likeness (QED) is 0.629. The van der Waals surface area contributed by atoms with Crippen LogP contribution in [0.5, 0.6) is 0 Å². The molecular formula is C15H10BrCaNO3. The third kappa shape index (κ3) is 4.54. The summed E-state index contributed by atoms with van der Waals surface area (Å²) < 4.78 is 0.853. The first kappa shape index (κ1) is 18.2. The Labute approximate surface area is 160 Å². The number of carbonyl (C=O) groups excluding carboxylic acids is 1. The van der Waals surface area contributed by atoms with E-state index in [-0.39, 0.29) is 66.8 Å². The van der Waals surface area contributed by atoms with Gasteiger partial charge < -0.3 is 15.0 Å². The molecule has 0 aliphatic heterocycles. The molecule has 1 N–H and O–H groups in total. The van der Waals surface area contributed by atoms with Gasteiger partial charge in [-0.1, -0.05) is 52.0 Å². The minimum absolute atomic E-state index is 0. The second-order valence-corrected chi connectivity index (χ2v) is 5.14. The molecule has 0 aromatic heterocycles. The first-order chi connectivity index (χ1) is 9.49. The number of carboxylic acid groups (broad SMARTS) is 1. The van der Waals surface area contributed by atoms with Crippen molar-refractivity contribution >= 4 is 71.1 Å². The molecule has 0 fully saturated rings. The van der Waals surface area contributed by atoms with E-state index in [0.717, 1.165) is 4.47 Å². The number of rotatable bonds is 3. The van der Waals surface area contributed by atoms with E-state index >= 15 is 0 Å². The molecule has 0 heterocycles.